The van der Waals surface area contributed by atoms with Crippen LogP contribution in [0.25, 0.3) is 0 Å². The largest absolute Gasteiger partial charge is 1.00 e. The van der Waals surface area contributed by atoms with Gasteiger partial charge in [0.15, 0.2) is 0 Å². The van der Waals surface area contributed by atoms with Crippen LogP contribution in [0, 0.1) is 0 Å². The molecule has 0 aliphatic heterocycles. The van der Waals surface area contributed by atoms with E-state index in [4.69, 9.17) is 13.3 Å². The van der Waals surface area contributed by atoms with Crippen LogP contribution >= 0.6 is 0 Å². The van der Waals surface area contributed by atoms with Crippen molar-refractivity contribution in [3.63, 3.8) is 0 Å². The molecule has 62 valence electrons. The molecule has 0 saturated carbocycles. The molecule has 1 N–H and O–H groups in total. The number of Topliss-reactive ketones (excluding diaryl/α,β-unsaturated/α-hetero) is 1. The van der Waals surface area contributed by atoms with E-state index >= 15 is 0 Å². The molecule has 6 heteroatoms. The second kappa shape index (κ2) is 13.3. The molecule has 0 heterocycles. The van der Waals surface area contributed by atoms with Crippen molar-refractivity contribution >= 4 is 17.1 Å². The van der Waals surface area contributed by atoms with Crippen LogP contribution in [0.4, 0.5) is 0 Å². The minimum Gasteiger partial charge on any atom is -0.750 e. The smallest absolute Gasteiger partial charge is 0.750 e. The fourth-order valence-corrected chi connectivity index (χ4v) is 0.352. The fraction of sp³-hybridized carbons (Fsp3) is 0.800. The Kier molecular flexibility index (Phi) is 21.5. The summed E-state index contributed by atoms with van der Waals surface area (Å²) in [5.74, 6) is 0.289. The van der Waals surface area contributed by atoms with Gasteiger partial charge in [0.1, 0.15) is 5.78 Å². The van der Waals surface area contributed by atoms with E-state index in [9.17, 15) is 4.79 Å². The normalized spacial score (nSPS) is 10.2. The van der Waals surface area contributed by atoms with Gasteiger partial charge in [0, 0.05) is 6.42 Å². The first-order valence-corrected chi connectivity index (χ1v) is 3.81. The summed E-state index contributed by atoms with van der Waals surface area (Å²) in [5.41, 5.74) is 0. The van der Waals surface area contributed by atoms with E-state index in [-0.39, 0.29) is 35.3 Å². The van der Waals surface area contributed by atoms with Gasteiger partial charge in [-0.1, -0.05) is 6.92 Å². The Bertz CT molecular complexity index is 113. The molecule has 0 rings (SSSR count). The third-order valence-corrected chi connectivity index (χ3v) is 0.602. The molecule has 0 aromatic rings. The second-order valence-electron chi connectivity index (χ2n) is 1.67. The van der Waals surface area contributed by atoms with Crippen LogP contribution in [0.1, 0.15) is 26.7 Å². The van der Waals surface area contributed by atoms with Crippen LogP contribution in [0.3, 0.4) is 0 Å². The maximum Gasteiger partial charge on any atom is 1.00 e. The Morgan fingerprint density at radius 1 is 1.64 bits per heavy atom. The van der Waals surface area contributed by atoms with Gasteiger partial charge < -0.3 is 13.9 Å². The van der Waals surface area contributed by atoms with Gasteiger partial charge in [0.2, 0.25) is 0 Å². The standard InChI is InChI=1S/C5H10O.Na.H2O3S/c1-3-4-5(2)6;;1-4(2)3/h3-4H2,1-2H3;;(H2,1,2,3)/q;+1;/p-1. The number of carbonyl (C=O) groups excluding carboxylic acids is 1. The number of rotatable bonds is 2. The van der Waals surface area contributed by atoms with E-state index in [1.54, 1.807) is 6.92 Å². The SMILES string of the molecule is CCCC(C)=O.O=S([O-])O.[Na+]. The molecule has 11 heavy (non-hydrogen) atoms. The van der Waals surface area contributed by atoms with Crippen molar-refractivity contribution in [2.75, 3.05) is 0 Å². The summed E-state index contributed by atoms with van der Waals surface area (Å²) in [6.07, 6.45) is 1.72. The minimum atomic E-state index is -2.86. The summed E-state index contributed by atoms with van der Waals surface area (Å²) in [7, 11) is 0. The Labute approximate surface area is 91.2 Å². The van der Waals surface area contributed by atoms with Crippen LogP contribution < -0.4 is 29.6 Å². The van der Waals surface area contributed by atoms with Gasteiger partial charge in [-0.25, -0.2) is 4.21 Å². The summed E-state index contributed by atoms with van der Waals surface area (Å²) in [6, 6.07) is 0. The van der Waals surface area contributed by atoms with E-state index in [1.165, 1.54) is 0 Å². The predicted octanol–water partition coefficient (Wildman–Crippen LogP) is -2.28. The van der Waals surface area contributed by atoms with Gasteiger partial charge in [-0.05, 0) is 13.3 Å². The summed E-state index contributed by atoms with van der Waals surface area (Å²) in [6.45, 7) is 3.62. The van der Waals surface area contributed by atoms with Gasteiger partial charge in [0.05, 0.1) is 11.4 Å². The van der Waals surface area contributed by atoms with E-state index in [2.05, 4.69) is 0 Å². The van der Waals surface area contributed by atoms with Gasteiger partial charge in [-0.15, -0.1) is 0 Å². The van der Waals surface area contributed by atoms with Crippen LogP contribution in [0.15, 0.2) is 0 Å². The van der Waals surface area contributed by atoms with Crippen molar-refractivity contribution in [3.05, 3.63) is 0 Å². The predicted molar refractivity (Wildman–Crippen MR) is 37.1 cm³/mol. The van der Waals surface area contributed by atoms with E-state index < -0.39 is 11.4 Å². The Morgan fingerprint density at radius 2 is 1.91 bits per heavy atom. The van der Waals surface area contributed by atoms with Gasteiger partial charge in [-0.3, -0.25) is 0 Å². The molecule has 0 saturated heterocycles. The Balaban J connectivity index is -0.000000114. The van der Waals surface area contributed by atoms with Crippen molar-refractivity contribution in [2.24, 2.45) is 0 Å². The quantitative estimate of drug-likeness (QED) is 0.393. The number of hydrogen-bond donors (Lipinski definition) is 1. The van der Waals surface area contributed by atoms with Crippen molar-refractivity contribution in [3.8, 4) is 0 Å². The first kappa shape index (κ1) is 17.7. The monoisotopic (exact) mass is 190 g/mol. The Morgan fingerprint density at radius 3 is 1.91 bits per heavy atom. The van der Waals surface area contributed by atoms with Crippen LogP contribution in [0.5, 0.6) is 0 Å². The third-order valence-electron chi connectivity index (χ3n) is 0.602. The van der Waals surface area contributed by atoms with Crippen molar-refractivity contribution in [2.45, 2.75) is 26.7 Å². The summed E-state index contributed by atoms with van der Waals surface area (Å²) < 4.78 is 24.1. The average molecular weight is 190 g/mol. The molecular weight excluding hydrogens is 179 g/mol. The zero-order chi connectivity index (χ0) is 8.57. The van der Waals surface area contributed by atoms with Crippen LogP contribution in [-0.4, -0.2) is 19.1 Å². The van der Waals surface area contributed by atoms with Gasteiger partial charge in [0.25, 0.3) is 0 Å². The van der Waals surface area contributed by atoms with E-state index in [1.807, 2.05) is 6.92 Å². The number of hydrogen-bond acceptors (Lipinski definition) is 3. The number of ketones is 1. The third kappa shape index (κ3) is 58.7. The summed E-state index contributed by atoms with van der Waals surface area (Å²) in [4.78, 5) is 10.0. The van der Waals surface area contributed by atoms with Crippen LogP contribution in [0.2, 0.25) is 0 Å². The minimum absolute atomic E-state index is 0. The molecule has 1 unspecified atom stereocenters. The zero-order valence-electron chi connectivity index (χ0n) is 6.99. The molecule has 0 amide bonds. The molecule has 0 fully saturated rings. The first-order chi connectivity index (χ1) is 4.50. The van der Waals surface area contributed by atoms with Crippen molar-refractivity contribution in [1.29, 1.82) is 0 Å². The fourth-order valence-electron chi connectivity index (χ4n) is 0.352. The molecule has 0 aliphatic rings. The molecule has 0 aliphatic carbocycles. The molecule has 0 aromatic heterocycles. The van der Waals surface area contributed by atoms with E-state index in [0.29, 0.717) is 0 Å². The second-order valence-corrected chi connectivity index (χ2v) is 2.10. The zero-order valence-corrected chi connectivity index (χ0v) is 9.81. The molecular formula is C5H11NaO4S. The molecule has 0 spiro atoms. The summed E-state index contributed by atoms with van der Waals surface area (Å²) >= 11 is -2.86. The molecule has 1 atom stereocenters. The van der Waals surface area contributed by atoms with Crippen molar-refractivity contribution < 1.29 is 47.7 Å². The topological polar surface area (TPSA) is 77.4 Å². The number of carbonyl (C=O) groups is 1. The molecule has 4 nitrogen and oxygen atoms in total. The van der Waals surface area contributed by atoms with Crippen molar-refractivity contribution in [1.82, 2.24) is 0 Å². The van der Waals surface area contributed by atoms with E-state index in [0.717, 1.165) is 12.8 Å². The van der Waals surface area contributed by atoms with Gasteiger partial charge in [-0.2, -0.15) is 0 Å². The maximum absolute atomic E-state index is 10.0. The molecule has 0 radical (unpaired) electrons. The van der Waals surface area contributed by atoms with Crippen LogP contribution in [-0.2, 0) is 16.2 Å². The molecule has 0 bridgehead atoms. The first-order valence-electron chi connectivity index (χ1n) is 2.78. The maximum atomic E-state index is 10.0. The Hall–Kier alpha value is 0.740. The van der Waals surface area contributed by atoms with Gasteiger partial charge >= 0.3 is 29.6 Å². The average Bonchev–Trinajstić information content (AvgIpc) is 1.62. The summed E-state index contributed by atoms with van der Waals surface area (Å²) in [5, 5.41) is 0. The molecule has 0 aromatic carbocycles.